The molecule has 0 aliphatic rings. The molecular weight excluding hydrogens is 243 g/mol. The van der Waals surface area contributed by atoms with Gasteiger partial charge in [-0.05, 0) is 24.3 Å². The Bertz CT molecular complexity index is 579. The Hall–Kier alpha value is -2.17. The number of aromatic nitrogens is 1. The zero-order valence-electron chi connectivity index (χ0n) is 9.16. The molecule has 5 heteroatoms. The average Bonchev–Trinajstić information content (AvgIpc) is 2.33. The Kier molecular flexibility index (Phi) is 3.41. The van der Waals surface area contributed by atoms with Gasteiger partial charge in [-0.15, -0.1) is 0 Å². The number of rotatable bonds is 3. The molecule has 0 aliphatic carbocycles. The molecule has 0 atom stereocenters. The van der Waals surface area contributed by atoms with E-state index in [0.29, 0.717) is 6.29 Å². The van der Waals surface area contributed by atoms with E-state index in [1.807, 2.05) is 0 Å². The Morgan fingerprint density at radius 3 is 2.28 bits per heavy atom. The second kappa shape index (κ2) is 5.00. The zero-order valence-corrected chi connectivity index (χ0v) is 9.16. The molecule has 0 aliphatic heterocycles. The fourth-order valence-corrected chi connectivity index (χ4v) is 1.58. The highest BCUT2D eigenvalue weighted by molar-refractivity contribution is 5.62. The molecule has 0 amide bonds. The molecule has 2 nitrogen and oxygen atoms in total. The van der Waals surface area contributed by atoms with E-state index in [1.54, 1.807) is 0 Å². The molecule has 1 heterocycles. The van der Waals surface area contributed by atoms with Gasteiger partial charge in [0, 0.05) is 12.1 Å². The maximum Gasteiger partial charge on any atom is 0.149 e. The van der Waals surface area contributed by atoms with Crippen LogP contribution in [-0.4, -0.2) is 11.3 Å². The number of halogens is 3. The van der Waals surface area contributed by atoms with E-state index in [0.717, 1.165) is 18.2 Å². The predicted molar refractivity (Wildman–Crippen MR) is 59.3 cm³/mol. The fraction of sp³-hybridized carbons (Fsp3) is 0.0769. The number of carbonyl (C=O) groups excluding carboxylic acids is 1. The van der Waals surface area contributed by atoms with Gasteiger partial charge in [0.05, 0.1) is 5.56 Å². The summed E-state index contributed by atoms with van der Waals surface area (Å²) >= 11 is 0. The SMILES string of the molecule is O=CCc1ccc(F)c(-c2c(F)cccc2F)n1. The summed E-state index contributed by atoms with van der Waals surface area (Å²) < 4.78 is 40.6. The van der Waals surface area contributed by atoms with Gasteiger partial charge in [-0.25, -0.2) is 18.2 Å². The van der Waals surface area contributed by atoms with Crippen LogP contribution in [0, 0.1) is 17.5 Å². The molecule has 18 heavy (non-hydrogen) atoms. The molecule has 2 rings (SSSR count). The second-order valence-electron chi connectivity index (χ2n) is 3.60. The third-order valence-corrected chi connectivity index (χ3v) is 2.40. The van der Waals surface area contributed by atoms with E-state index in [2.05, 4.69) is 4.98 Å². The molecule has 0 saturated carbocycles. The summed E-state index contributed by atoms with van der Waals surface area (Å²) in [6.07, 6.45) is 0.547. The van der Waals surface area contributed by atoms with Crippen molar-refractivity contribution >= 4 is 6.29 Å². The quantitative estimate of drug-likeness (QED) is 0.785. The Balaban J connectivity index is 2.62. The summed E-state index contributed by atoms with van der Waals surface area (Å²) in [6.45, 7) is 0. The minimum Gasteiger partial charge on any atom is -0.303 e. The van der Waals surface area contributed by atoms with Gasteiger partial charge in [0.15, 0.2) is 0 Å². The summed E-state index contributed by atoms with van der Waals surface area (Å²) in [5.74, 6) is -2.64. The number of carbonyl (C=O) groups is 1. The minimum atomic E-state index is -0.898. The maximum atomic E-state index is 13.6. The van der Waals surface area contributed by atoms with Crippen LogP contribution < -0.4 is 0 Å². The first-order valence-corrected chi connectivity index (χ1v) is 5.17. The standard InChI is InChI=1S/C13H8F3NO/c14-9-2-1-3-10(15)12(9)13-11(16)5-4-8(17-13)6-7-18/h1-5,7H,6H2. The third kappa shape index (κ3) is 2.25. The van der Waals surface area contributed by atoms with E-state index < -0.39 is 28.7 Å². The van der Waals surface area contributed by atoms with Crippen molar-refractivity contribution in [3.63, 3.8) is 0 Å². The summed E-state index contributed by atoms with van der Waals surface area (Å²) in [6, 6.07) is 5.55. The summed E-state index contributed by atoms with van der Waals surface area (Å²) in [4.78, 5) is 14.1. The highest BCUT2D eigenvalue weighted by Crippen LogP contribution is 2.26. The van der Waals surface area contributed by atoms with Gasteiger partial charge in [0.2, 0.25) is 0 Å². The predicted octanol–water partition coefficient (Wildman–Crippen LogP) is 2.91. The van der Waals surface area contributed by atoms with E-state index in [4.69, 9.17) is 0 Å². The van der Waals surface area contributed by atoms with Gasteiger partial charge in [-0.2, -0.15) is 0 Å². The second-order valence-corrected chi connectivity index (χ2v) is 3.60. The Labute approximate surface area is 101 Å². The average molecular weight is 251 g/mol. The molecule has 1 aromatic carbocycles. The number of nitrogens with zero attached hydrogens (tertiary/aromatic N) is 1. The number of pyridine rings is 1. The van der Waals surface area contributed by atoms with Crippen LogP contribution in [0.1, 0.15) is 5.69 Å². The normalized spacial score (nSPS) is 10.4. The van der Waals surface area contributed by atoms with Crippen molar-refractivity contribution in [3.8, 4) is 11.3 Å². The lowest BCUT2D eigenvalue weighted by Gasteiger charge is -2.07. The van der Waals surface area contributed by atoms with Crippen molar-refractivity contribution in [2.45, 2.75) is 6.42 Å². The highest BCUT2D eigenvalue weighted by Gasteiger charge is 2.17. The van der Waals surface area contributed by atoms with Gasteiger partial charge in [0.1, 0.15) is 29.4 Å². The van der Waals surface area contributed by atoms with Crippen molar-refractivity contribution in [2.75, 3.05) is 0 Å². The maximum absolute atomic E-state index is 13.6. The summed E-state index contributed by atoms with van der Waals surface area (Å²) in [7, 11) is 0. The number of benzene rings is 1. The van der Waals surface area contributed by atoms with Crippen molar-refractivity contribution in [1.82, 2.24) is 4.98 Å². The molecule has 0 bridgehead atoms. The first-order chi connectivity index (χ1) is 8.63. The van der Waals surface area contributed by atoms with Crippen LogP contribution in [0.2, 0.25) is 0 Å². The molecule has 0 N–H and O–H groups in total. The van der Waals surface area contributed by atoms with E-state index >= 15 is 0 Å². The van der Waals surface area contributed by atoms with Crippen LogP contribution in [0.3, 0.4) is 0 Å². The number of aldehydes is 1. The van der Waals surface area contributed by atoms with Crippen molar-refractivity contribution in [1.29, 1.82) is 0 Å². The molecule has 0 fully saturated rings. The van der Waals surface area contributed by atoms with Crippen LogP contribution in [0.5, 0.6) is 0 Å². The minimum absolute atomic E-state index is 0.0383. The van der Waals surface area contributed by atoms with Crippen LogP contribution in [0.4, 0.5) is 13.2 Å². The highest BCUT2D eigenvalue weighted by atomic mass is 19.1. The van der Waals surface area contributed by atoms with E-state index in [1.165, 1.54) is 12.1 Å². The van der Waals surface area contributed by atoms with E-state index in [9.17, 15) is 18.0 Å². The molecule has 2 aromatic rings. The Morgan fingerprint density at radius 1 is 1.00 bits per heavy atom. The molecule has 1 aromatic heterocycles. The van der Waals surface area contributed by atoms with Crippen molar-refractivity contribution in [3.05, 3.63) is 53.5 Å². The van der Waals surface area contributed by atoms with Crippen LogP contribution >= 0.6 is 0 Å². The van der Waals surface area contributed by atoms with Gasteiger partial charge in [0.25, 0.3) is 0 Å². The lowest BCUT2D eigenvalue weighted by atomic mass is 10.1. The smallest absolute Gasteiger partial charge is 0.149 e. The molecular formula is C13H8F3NO. The van der Waals surface area contributed by atoms with Gasteiger partial charge in [-0.1, -0.05) is 6.07 Å². The van der Waals surface area contributed by atoms with Crippen molar-refractivity contribution in [2.24, 2.45) is 0 Å². The lowest BCUT2D eigenvalue weighted by molar-refractivity contribution is -0.107. The van der Waals surface area contributed by atoms with Crippen LogP contribution in [-0.2, 0) is 11.2 Å². The zero-order chi connectivity index (χ0) is 13.1. The molecule has 0 radical (unpaired) electrons. The van der Waals surface area contributed by atoms with Crippen LogP contribution in [0.25, 0.3) is 11.3 Å². The Morgan fingerprint density at radius 2 is 1.67 bits per heavy atom. The summed E-state index contributed by atoms with van der Waals surface area (Å²) in [5.41, 5.74) is -0.697. The largest absolute Gasteiger partial charge is 0.303 e. The van der Waals surface area contributed by atoms with Gasteiger partial charge >= 0.3 is 0 Å². The number of hydrogen-bond donors (Lipinski definition) is 0. The molecule has 0 spiro atoms. The van der Waals surface area contributed by atoms with E-state index in [-0.39, 0.29) is 12.1 Å². The molecule has 0 unspecified atom stereocenters. The first-order valence-electron chi connectivity index (χ1n) is 5.17. The topological polar surface area (TPSA) is 30.0 Å². The first kappa shape index (κ1) is 12.3. The summed E-state index contributed by atoms with van der Waals surface area (Å²) in [5, 5.41) is 0. The monoisotopic (exact) mass is 251 g/mol. The lowest BCUT2D eigenvalue weighted by Crippen LogP contribution is -2.00. The number of hydrogen-bond acceptors (Lipinski definition) is 2. The van der Waals surface area contributed by atoms with Crippen LogP contribution in [0.15, 0.2) is 30.3 Å². The molecule has 92 valence electrons. The molecule has 0 saturated heterocycles. The van der Waals surface area contributed by atoms with Gasteiger partial charge in [-0.3, -0.25) is 0 Å². The third-order valence-electron chi connectivity index (χ3n) is 2.40. The fourth-order valence-electron chi connectivity index (χ4n) is 1.58. The van der Waals surface area contributed by atoms with Crippen molar-refractivity contribution < 1.29 is 18.0 Å². The van der Waals surface area contributed by atoms with Gasteiger partial charge < -0.3 is 4.79 Å².